The molecule has 0 aliphatic carbocycles. The van der Waals surface area contributed by atoms with E-state index in [1.807, 2.05) is 18.2 Å². The molecule has 28 heavy (non-hydrogen) atoms. The Labute approximate surface area is 171 Å². The predicted molar refractivity (Wildman–Crippen MR) is 113 cm³/mol. The Morgan fingerprint density at radius 3 is 2.64 bits per heavy atom. The van der Waals surface area contributed by atoms with Gasteiger partial charge in [-0.15, -0.1) is 0 Å². The van der Waals surface area contributed by atoms with E-state index in [-0.39, 0.29) is 17.0 Å². The van der Waals surface area contributed by atoms with Gasteiger partial charge in [0.25, 0.3) is 5.91 Å². The van der Waals surface area contributed by atoms with Crippen molar-refractivity contribution in [2.24, 2.45) is 0 Å². The molecule has 5 nitrogen and oxygen atoms in total. The van der Waals surface area contributed by atoms with E-state index in [1.165, 1.54) is 0 Å². The van der Waals surface area contributed by atoms with Crippen LogP contribution in [0.5, 0.6) is 0 Å². The number of nitrogens with zero attached hydrogens (tertiary/aromatic N) is 3. The zero-order chi connectivity index (χ0) is 20.5. The van der Waals surface area contributed by atoms with Gasteiger partial charge in [-0.1, -0.05) is 17.7 Å². The van der Waals surface area contributed by atoms with Gasteiger partial charge >= 0.3 is 0 Å². The van der Waals surface area contributed by atoms with Gasteiger partial charge < -0.3 is 14.5 Å². The summed E-state index contributed by atoms with van der Waals surface area (Å²) in [6, 6.07) is 5.97. The van der Waals surface area contributed by atoms with Crippen molar-refractivity contribution in [3.05, 3.63) is 39.9 Å². The second-order valence-electron chi connectivity index (χ2n) is 7.69. The first-order valence-electron chi connectivity index (χ1n) is 9.58. The molecule has 0 atom stereocenters. The van der Waals surface area contributed by atoms with Crippen molar-refractivity contribution in [1.82, 2.24) is 4.90 Å². The predicted octanol–water partition coefficient (Wildman–Crippen LogP) is 4.13. The normalized spacial score (nSPS) is 19.0. The summed E-state index contributed by atoms with van der Waals surface area (Å²) in [6.07, 6.45) is 3.84. The summed E-state index contributed by atoms with van der Waals surface area (Å²) >= 11 is 6.57. The minimum atomic E-state index is -0.275. The van der Waals surface area contributed by atoms with E-state index in [0.717, 1.165) is 23.4 Å². The lowest BCUT2D eigenvalue weighted by Gasteiger charge is -2.43. The zero-order valence-corrected chi connectivity index (χ0v) is 17.6. The Kier molecular flexibility index (Phi) is 5.83. The lowest BCUT2D eigenvalue weighted by molar-refractivity contribution is -0.130. The molecule has 148 valence electrons. The van der Waals surface area contributed by atoms with Crippen molar-refractivity contribution in [3.8, 4) is 6.07 Å². The molecule has 2 aliphatic rings. The molecule has 1 amide bonds. The van der Waals surface area contributed by atoms with Crippen molar-refractivity contribution in [2.75, 3.05) is 37.7 Å². The summed E-state index contributed by atoms with van der Waals surface area (Å²) in [4.78, 5) is 16.7. The van der Waals surface area contributed by atoms with Crippen LogP contribution in [0.25, 0.3) is 11.6 Å². The lowest BCUT2D eigenvalue weighted by Crippen LogP contribution is -2.44. The first-order chi connectivity index (χ1) is 13.3. The maximum Gasteiger partial charge on any atom is 0.264 e. The van der Waals surface area contributed by atoms with Gasteiger partial charge in [0.15, 0.2) is 0 Å². The smallest absolute Gasteiger partial charge is 0.264 e. The summed E-state index contributed by atoms with van der Waals surface area (Å²) in [5.41, 5.74) is 3.99. The Bertz CT molecular complexity index is 890. The Balaban J connectivity index is 2.02. The molecule has 0 bridgehead atoms. The van der Waals surface area contributed by atoms with Crippen LogP contribution < -0.4 is 4.90 Å². The first-order valence-corrected chi connectivity index (χ1v) is 9.96. The summed E-state index contributed by atoms with van der Waals surface area (Å²) < 4.78 is 5.28. The van der Waals surface area contributed by atoms with E-state index in [9.17, 15) is 10.1 Å². The van der Waals surface area contributed by atoms with Crippen LogP contribution in [0, 0.1) is 11.3 Å². The van der Waals surface area contributed by atoms with Crippen LogP contribution in [0.2, 0.25) is 5.02 Å². The maximum atomic E-state index is 12.7. The number of hydrogen-bond acceptors (Lipinski definition) is 4. The number of ether oxygens (including phenoxy) is 1. The molecule has 0 N–H and O–H groups in total. The standard InChI is InChI=1S/C22H26ClN3O2/c1-5-26-20-12-19(23)16(11-18(20)15(2)13-22(26,3)4)10-17(14-24)21(27)25-6-8-28-9-7-25/h10-13H,5-9H2,1-4H3/b17-10+. The number of carbonyl (C=O) groups is 1. The number of amides is 1. The van der Waals surface area contributed by atoms with Crippen molar-refractivity contribution >= 4 is 34.8 Å². The number of nitriles is 1. The second kappa shape index (κ2) is 7.98. The highest BCUT2D eigenvalue weighted by Crippen LogP contribution is 2.41. The number of benzene rings is 1. The average Bonchev–Trinajstić information content (AvgIpc) is 2.66. The van der Waals surface area contributed by atoms with Crippen molar-refractivity contribution in [3.63, 3.8) is 0 Å². The van der Waals surface area contributed by atoms with Gasteiger partial charge in [0.05, 0.1) is 18.8 Å². The minimum absolute atomic E-state index is 0.0915. The van der Waals surface area contributed by atoms with Gasteiger partial charge in [0.2, 0.25) is 0 Å². The highest BCUT2D eigenvalue weighted by Gasteiger charge is 2.31. The molecule has 0 saturated carbocycles. The molecule has 2 aliphatic heterocycles. The van der Waals surface area contributed by atoms with Crippen LogP contribution in [-0.4, -0.2) is 49.2 Å². The molecule has 0 radical (unpaired) electrons. The largest absolute Gasteiger partial charge is 0.378 e. The SMILES string of the molecule is CCN1c2cc(Cl)c(/C=C(\C#N)C(=O)N3CCOCC3)cc2C(C)=CC1(C)C. The topological polar surface area (TPSA) is 56.6 Å². The maximum absolute atomic E-state index is 12.7. The molecular formula is C22H26ClN3O2. The number of fused-ring (bicyclic) bond motifs is 1. The zero-order valence-electron chi connectivity index (χ0n) is 16.9. The monoisotopic (exact) mass is 399 g/mol. The lowest BCUT2D eigenvalue weighted by atomic mass is 9.88. The molecule has 0 unspecified atom stereocenters. The number of hydrogen-bond donors (Lipinski definition) is 0. The first kappa shape index (κ1) is 20.4. The Morgan fingerprint density at radius 2 is 2.04 bits per heavy atom. The molecule has 1 aromatic carbocycles. The van der Waals surface area contributed by atoms with Crippen LogP contribution in [-0.2, 0) is 9.53 Å². The number of carbonyl (C=O) groups excluding carboxylic acids is 1. The van der Waals surface area contributed by atoms with Gasteiger partial charge in [0, 0.05) is 35.9 Å². The molecule has 1 aromatic rings. The third-order valence-corrected chi connectivity index (χ3v) is 5.69. The highest BCUT2D eigenvalue weighted by molar-refractivity contribution is 6.32. The number of halogens is 1. The van der Waals surface area contributed by atoms with Crippen LogP contribution in [0.4, 0.5) is 5.69 Å². The highest BCUT2D eigenvalue weighted by atomic mass is 35.5. The summed E-state index contributed by atoms with van der Waals surface area (Å²) in [5, 5.41) is 10.1. The van der Waals surface area contributed by atoms with Gasteiger partial charge in [-0.05, 0) is 57.0 Å². The third-order valence-electron chi connectivity index (χ3n) is 5.36. The third kappa shape index (κ3) is 3.80. The number of allylic oxidation sites excluding steroid dienone is 1. The summed E-state index contributed by atoms with van der Waals surface area (Å²) in [6.45, 7) is 11.4. The average molecular weight is 400 g/mol. The second-order valence-corrected chi connectivity index (χ2v) is 8.10. The number of rotatable bonds is 3. The molecule has 1 saturated heterocycles. The minimum Gasteiger partial charge on any atom is -0.378 e. The number of morpholine rings is 1. The van der Waals surface area contributed by atoms with E-state index in [4.69, 9.17) is 16.3 Å². The molecule has 3 rings (SSSR count). The number of likely N-dealkylation sites (N-methyl/N-ethyl adjacent to an activating group) is 1. The molecular weight excluding hydrogens is 374 g/mol. The Hall–Kier alpha value is -2.29. The molecule has 2 heterocycles. The van der Waals surface area contributed by atoms with Gasteiger partial charge in [-0.2, -0.15) is 5.26 Å². The van der Waals surface area contributed by atoms with Crippen LogP contribution in [0.15, 0.2) is 23.8 Å². The van der Waals surface area contributed by atoms with E-state index in [1.54, 1.807) is 11.0 Å². The molecule has 6 heteroatoms. The van der Waals surface area contributed by atoms with E-state index in [2.05, 4.69) is 38.7 Å². The van der Waals surface area contributed by atoms with Crippen LogP contribution in [0.3, 0.4) is 0 Å². The fraction of sp³-hybridized carbons (Fsp3) is 0.455. The van der Waals surface area contributed by atoms with Crippen molar-refractivity contribution in [2.45, 2.75) is 33.2 Å². The van der Waals surface area contributed by atoms with Gasteiger partial charge in [-0.25, -0.2) is 0 Å². The van der Waals surface area contributed by atoms with Gasteiger partial charge in [-0.3, -0.25) is 4.79 Å². The fourth-order valence-corrected chi connectivity index (χ4v) is 4.25. The van der Waals surface area contributed by atoms with Crippen LogP contribution >= 0.6 is 11.6 Å². The van der Waals surface area contributed by atoms with Gasteiger partial charge in [0.1, 0.15) is 11.6 Å². The fourth-order valence-electron chi connectivity index (χ4n) is 4.04. The molecule has 0 aromatic heterocycles. The quantitative estimate of drug-likeness (QED) is 0.566. The van der Waals surface area contributed by atoms with E-state index >= 15 is 0 Å². The summed E-state index contributed by atoms with van der Waals surface area (Å²) in [7, 11) is 0. The molecule has 0 spiro atoms. The number of anilines is 1. The van der Waals surface area contributed by atoms with Crippen LogP contribution in [0.1, 0.15) is 38.8 Å². The molecule has 1 fully saturated rings. The van der Waals surface area contributed by atoms with E-state index in [0.29, 0.717) is 36.9 Å². The summed E-state index contributed by atoms with van der Waals surface area (Å²) in [5.74, 6) is -0.275. The Morgan fingerprint density at radius 1 is 1.36 bits per heavy atom. The van der Waals surface area contributed by atoms with E-state index < -0.39 is 0 Å². The van der Waals surface area contributed by atoms with Crippen molar-refractivity contribution < 1.29 is 9.53 Å². The van der Waals surface area contributed by atoms with Crippen molar-refractivity contribution in [1.29, 1.82) is 5.26 Å².